The Morgan fingerprint density at radius 1 is 1.27 bits per heavy atom. The number of aliphatic hydroxyl groups is 1. The van der Waals surface area contributed by atoms with E-state index in [9.17, 15) is 23.1 Å². The maximum atomic E-state index is 13.7. The molecule has 0 radical (unpaired) electrons. The molecule has 0 spiro atoms. The summed E-state index contributed by atoms with van der Waals surface area (Å²) in [5.41, 5.74) is 0.656. The third-order valence-corrected chi connectivity index (χ3v) is 9.37. The number of aliphatic hydroxyl groups excluding tert-OH is 1. The first-order valence-electron chi connectivity index (χ1n) is 13.7. The van der Waals surface area contributed by atoms with Gasteiger partial charge in [0.05, 0.1) is 31.1 Å². The number of amides is 3. The van der Waals surface area contributed by atoms with E-state index in [-0.39, 0.29) is 59.9 Å². The normalized spacial score (nSPS) is 21.2. The molecule has 12 nitrogen and oxygen atoms in total. The number of aryl methyl sites for hydroxylation is 1. The SMILES string of the molecule is C[C@H](CO)N1C[C@H](C)[C@H](CN(C)S(=O)(=O)c2cn(C)cn2)Oc2ccc(NC(=O)NC3CCCCC3)cc2C1=O. The zero-order valence-corrected chi connectivity index (χ0v) is 24.4. The summed E-state index contributed by atoms with van der Waals surface area (Å²) in [4.78, 5) is 31.9. The lowest BCUT2D eigenvalue weighted by Gasteiger charge is -2.38. The molecule has 0 unspecified atom stereocenters. The quantitative estimate of drug-likeness (QED) is 0.437. The number of likely N-dealkylation sites (N-methyl/N-ethyl adjacent to an activating group) is 1. The first kappa shape index (κ1) is 29.8. The fourth-order valence-corrected chi connectivity index (χ4v) is 6.29. The van der Waals surface area contributed by atoms with E-state index >= 15 is 0 Å². The topological polar surface area (TPSA) is 146 Å². The van der Waals surface area contributed by atoms with Gasteiger partial charge in [-0.15, -0.1) is 0 Å². The average Bonchev–Trinajstić information content (AvgIpc) is 3.38. The van der Waals surface area contributed by atoms with Crippen molar-refractivity contribution < 1.29 is 27.9 Å². The number of nitrogens with zero attached hydrogens (tertiary/aromatic N) is 4. The van der Waals surface area contributed by atoms with Crippen molar-refractivity contribution in [3.63, 3.8) is 0 Å². The second-order valence-electron chi connectivity index (χ2n) is 10.9. The van der Waals surface area contributed by atoms with Gasteiger partial charge in [-0.2, -0.15) is 4.31 Å². The Labute approximate surface area is 235 Å². The van der Waals surface area contributed by atoms with Crippen LogP contribution in [0.1, 0.15) is 56.3 Å². The van der Waals surface area contributed by atoms with E-state index < -0.39 is 22.2 Å². The van der Waals surface area contributed by atoms with Crippen LogP contribution in [0, 0.1) is 5.92 Å². The minimum absolute atomic E-state index is 0.0127. The van der Waals surface area contributed by atoms with Crippen molar-refractivity contribution in [2.45, 2.75) is 69.2 Å². The Kier molecular flexibility index (Phi) is 9.37. The molecule has 3 N–H and O–H groups in total. The summed E-state index contributed by atoms with van der Waals surface area (Å²) in [6, 6.07) is 4.15. The molecule has 1 aromatic carbocycles. The highest BCUT2D eigenvalue weighted by Crippen LogP contribution is 2.31. The number of hydrogen-bond donors (Lipinski definition) is 3. The molecule has 2 aliphatic rings. The maximum Gasteiger partial charge on any atom is 0.319 e. The van der Waals surface area contributed by atoms with Crippen LogP contribution in [0.15, 0.2) is 35.7 Å². The minimum atomic E-state index is -3.87. The number of anilines is 1. The molecule has 4 rings (SSSR count). The first-order valence-corrected chi connectivity index (χ1v) is 15.2. The molecule has 3 amide bonds. The first-order chi connectivity index (χ1) is 19.0. The Bertz CT molecular complexity index is 1310. The van der Waals surface area contributed by atoms with Crippen molar-refractivity contribution in [1.29, 1.82) is 0 Å². The Hall–Kier alpha value is -3.16. The van der Waals surface area contributed by atoms with Crippen molar-refractivity contribution in [1.82, 2.24) is 24.1 Å². The molecule has 1 saturated carbocycles. The van der Waals surface area contributed by atoms with Gasteiger partial charge < -0.3 is 29.9 Å². The number of hydrogen-bond acceptors (Lipinski definition) is 7. The number of ether oxygens (including phenoxy) is 1. The number of carbonyl (C=O) groups excluding carboxylic acids is 2. The van der Waals surface area contributed by atoms with Gasteiger partial charge in [0.1, 0.15) is 11.9 Å². The monoisotopic (exact) mass is 576 g/mol. The molecule has 1 fully saturated rings. The molecule has 3 atom stereocenters. The van der Waals surface area contributed by atoms with Gasteiger partial charge in [0.25, 0.3) is 15.9 Å². The number of fused-ring (bicyclic) bond motifs is 1. The van der Waals surface area contributed by atoms with Crippen LogP contribution in [0.4, 0.5) is 10.5 Å². The summed E-state index contributed by atoms with van der Waals surface area (Å²) in [5, 5.41) is 15.7. The van der Waals surface area contributed by atoms with Crippen LogP contribution in [-0.2, 0) is 17.1 Å². The maximum absolute atomic E-state index is 13.7. The van der Waals surface area contributed by atoms with Gasteiger partial charge in [-0.3, -0.25) is 4.79 Å². The van der Waals surface area contributed by atoms with Gasteiger partial charge in [0, 0.05) is 44.5 Å². The summed E-state index contributed by atoms with van der Waals surface area (Å²) < 4.78 is 35.3. The molecule has 40 heavy (non-hydrogen) atoms. The van der Waals surface area contributed by atoms with Crippen molar-refractivity contribution in [2.75, 3.05) is 32.1 Å². The van der Waals surface area contributed by atoms with E-state index in [4.69, 9.17) is 4.74 Å². The van der Waals surface area contributed by atoms with Crippen LogP contribution in [0.3, 0.4) is 0 Å². The van der Waals surface area contributed by atoms with Crippen LogP contribution >= 0.6 is 0 Å². The average molecular weight is 577 g/mol. The predicted molar refractivity (Wildman–Crippen MR) is 150 cm³/mol. The molecule has 2 aromatic rings. The fourth-order valence-electron chi connectivity index (χ4n) is 5.15. The summed E-state index contributed by atoms with van der Waals surface area (Å²) in [7, 11) is -0.708. The van der Waals surface area contributed by atoms with Gasteiger partial charge in [-0.1, -0.05) is 26.2 Å². The molecule has 1 aromatic heterocycles. The molecular formula is C27H40N6O6S. The highest BCUT2D eigenvalue weighted by atomic mass is 32.2. The predicted octanol–water partition coefficient (Wildman–Crippen LogP) is 2.42. The fraction of sp³-hybridized carbons (Fsp3) is 0.593. The number of sulfonamides is 1. The van der Waals surface area contributed by atoms with Gasteiger partial charge in [-0.05, 0) is 38.0 Å². The zero-order valence-electron chi connectivity index (χ0n) is 23.5. The lowest BCUT2D eigenvalue weighted by Crippen LogP contribution is -2.50. The third-order valence-electron chi connectivity index (χ3n) is 7.66. The second-order valence-corrected chi connectivity index (χ2v) is 12.9. The highest BCUT2D eigenvalue weighted by Gasteiger charge is 2.36. The Morgan fingerprint density at radius 3 is 2.65 bits per heavy atom. The van der Waals surface area contributed by atoms with Gasteiger partial charge in [0.2, 0.25) is 0 Å². The lowest BCUT2D eigenvalue weighted by atomic mass is 9.96. The smallest absolute Gasteiger partial charge is 0.319 e. The summed E-state index contributed by atoms with van der Waals surface area (Å²) in [6.45, 7) is 3.64. The van der Waals surface area contributed by atoms with Crippen LogP contribution in [-0.4, -0.2) is 89.2 Å². The second kappa shape index (κ2) is 12.6. The third kappa shape index (κ3) is 6.76. The largest absolute Gasteiger partial charge is 0.488 e. The summed E-state index contributed by atoms with van der Waals surface area (Å²) in [5.74, 6) is -0.335. The van der Waals surface area contributed by atoms with Crippen molar-refractivity contribution >= 4 is 27.6 Å². The number of rotatable bonds is 8. The standard InChI is InChI=1S/C27H40N6O6S/c1-18-13-33(19(2)16-34)26(35)22-12-21(30-27(36)29-20-8-6-5-7-9-20)10-11-23(22)39-24(18)14-32(4)40(37,38)25-15-31(3)17-28-25/h10-12,15,17-20,24,34H,5-9,13-14,16H2,1-4H3,(H2,29,30,36)/t18-,19+,24-/m0/s1. The Morgan fingerprint density at radius 2 is 2.00 bits per heavy atom. The zero-order chi connectivity index (χ0) is 29.0. The van der Waals surface area contributed by atoms with Crippen LogP contribution in [0.2, 0.25) is 0 Å². The van der Waals surface area contributed by atoms with Crippen LogP contribution in [0.25, 0.3) is 0 Å². The van der Waals surface area contributed by atoms with Gasteiger partial charge in [-0.25, -0.2) is 18.2 Å². The molecular weight excluding hydrogens is 536 g/mol. The van der Waals surface area contributed by atoms with E-state index in [2.05, 4.69) is 15.6 Å². The van der Waals surface area contributed by atoms with Crippen molar-refractivity contribution in [3.8, 4) is 5.75 Å². The van der Waals surface area contributed by atoms with Gasteiger partial charge >= 0.3 is 6.03 Å². The molecule has 0 bridgehead atoms. The molecule has 13 heteroatoms. The molecule has 2 heterocycles. The van der Waals surface area contributed by atoms with Crippen molar-refractivity contribution in [2.24, 2.45) is 13.0 Å². The molecule has 220 valence electrons. The lowest BCUT2D eigenvalue weighted by molar-refractivity contribution is 0.0387. The summed E-state index contributed by atoms with van der Waals surface area (Å²) in [6.07, 6.45) is 7.50. The number of imidazole rings is 1. The van der Waals surface area contributed by atoms with Crippen LogP contribution in [0.5, 0.6) is 5.75 Å². The van der Waals surface area contributed by atoms with Crippen LogP contribution < -0.4 is 15.4 Å². The summed E-state index contributed by atoms with van der Waals surface area (Å²) >= 11 is 0. The highest BCUT2D eigenvalue weighted by molar-refractivity contribution is 7.89. The number of benzene rings is 1. The van der Waals surface area contributed by atoms with E-state index in [1.54, 1.807) is 41.6 Å². The minimum Gasteiger partial charge on any atom is -0.488 e. The number of aromatic nitrogens is 2. The van der Waals surface area contributed by atoms with Gasteiger partial charge in [0.15, 0.2) is 5.03 Å². The van der Waals surface area contributed by atoms with E-state index in [1.165, 1.54) is 30.3 Å². The van der Waals surface area contributed by atoms with E-state index in [1.807, 2.05) is 6.92 Å². The Balaban J connectivity index is 1.59. The number of nitrogens with one attached hydrogen (secondary N) is 2. The van der Waals surface area contributed by atoms with E-state index in [0.29, 0.717) is 5.69 Å². The number of urea groups is 1. The molecule has 0 saturated heterocycles. The van der Waals surface area contributed by atoms with E-state index in [0.717, 1.165) is 25.7 Å². The van der Waals surface area contributed by atoms with Crippen molar-refractivity contribution in [3.05, 3.63) is 36.3 Å². The molecule has 1 aliphatic heterocycles. The number of carbonyl (C=O) groups is 2. The molecule has 1 aliphatic carbocycles.